The normalized spacial score (nSPS) is 15.2. The van der Waals surface area contributed by atoms with E-state index in [1.807, 2.05) is 61.6 Å². The van der Waals surface area contributed by atoms with E-state index in [0.29, 0.717) is 25.7 Å². The van der Waals surface area contributed by atoms with Gasteiger partial charge in [-0.25, -0.2) is 9.13 Å². The molecule has 0 aliphatic heterocycles. The van der Waals surface area contributed by atoms with Crippen molar-refractivity contribution in [1.29, 1.82) is 0 Å². The summed E-state index contributed by atoms with van der Waals surface area (Å²) in [6, 6.07) is 0. The average Bonchev–Trinajstić information content (AvgIpc) is 3.20. The van der Waals surface area contributed by atoms with Crippen LogP contribution in [0.25, 0.3) is 0 Å². The molecule has 0 saturated carbocycles. The van der Waals surface area contributed by atoms with Gasteiger partial charge in [0.05, 0.1) is 25.9 Å². The number of allylic oxidation sites excluding steroid dienone is 8. The Hall–Kier alpha value is -2.22. The molecule has 354 valence electrons. The molecule has 0 spiro atoms. The molecule has 0 amide bonds. The Bertz CT molecular complexity index is 1340. The molecule has 0 saturated heterocycles. The zero-order valence-electron chi connectivity index (χ0n) is 37.3. The van der Waals surface area contributed by atoms with Crippen LogP contribution in [0.2, 0.25) is 0 Å². The molecule has 0 aromatic carbocycles. The van der Waals surface area contributed by atoms with Crippen molar-refractivity contribution in [1.82, 2.24) is 0 Å². The van der Waals surface area contributed by atoms with Crippen molar-refractivity contribution < 1.29 is 66.7 Å². The minimum absolute atomic E-state index is 0.0342. The van der Waals surface area contributed by atoms with Crippen LogP contribution >= 0.6 is 15.6 Å². The number of hydrogen-bond donors (Lipinski definition) is 5. The second-order valence-corrected chi connectivity index (χ2v) is 18.3. The zero-order valence-corrected chi connectivity index (χ0v) is 39.1. The Labute approximate surface area is 366 Å². The summed E-state index contributed by atoms with van der Waals surface area (Å²) in [4.78, 5) is 52.7. The van der Waals surface area contributed by atoms with Crippen LogP contribution in [0.5, 0.6) is 0 Å². The third-order valence-corrected chi connectivity index (χ3v) is 10.6. The van der Waals surface area contributed by atoms with Gasteiger partial charge in [0.15, 0.2) is 6.10 Å². The Balaban J connectivity index is 4.62. The lowest BCUT2D eigenvalue weighted by atomic mass is 10.0. The van der Waals surface area contributed by atoms with Crippen molar-refractivity contribution in [3.05, 3.63) is 60.8 Å². The molecule has 16 heteroatoms. The van der Waals surface area contributed by atoms with Gasteiger partial charge in [0.25, 0.3) is 0 Å². The molecule has 0 bridgehead atoms. The predicted octanol–water partition coefficient (Wildman–Crippen LogP) is 10.4. The maximum atomic E-state index is 12.7. The number of ether oxygens (including phenoxy) is 2. The van der Waals surface area contributed by atoms with Crippen molar-refractivity contribution >= 4 is 27.6 Å². The first-order valence-electron chi connectivity index (χ1n) is 22.4. The predicted molar refractivity (Wildman–Crippen MR) is 240 cm³/mol. The lowest BCUT2D eigenvalue weighted by Crippen LogP contribution is -2.29. The number of carbonyl (C=O) groups excluding carboxylic acids is 2. The van der Waals surface area contributed by atoms with Gasteiger partial charge < -0.3 is 34.4 Å². The van der Waals surface area contributed by atoms with Crippen molar-refractivity contribution in [2.45, 2.75) is 180 Å². The smallest absolute Gasteiger partial charge is 0.462 e. The number of unbranched alkanes of at least 4 members (excludes halogenated alkanes) is 13. The molecule has 0 aromatic heterocycles. The fourth-order valence-electron chi connectivity index (χ4n) is 5.76. The fraction of sp³-hybridized carbons (Fsp3) is 0.733. The highest BCUT2D eigenvalue weighted by atomic mass is 31.2. The topological polar surface area (TPSA) is 216 Å². The van der Waals surface area contributed by atoms with Gasteiger partial charge in [0.2, 0.25) is 0 Å². The van der Waals surface area contributed by atoms with Crippen LogP contribution in [0.15, 0.2) is 60.8 Å². The summed E-state index contributed by atoms with van der Waals surface area (Å²) in [5.74, 6) is -0.326. The average molecular weight is 907 g/mol. The third kappa shape index (κ3) is 44.2. The summed E-state index contributed by atoms with van der Waals surface area (Å²) in [6.45, 7) is 3.77. The number of rotatable bonds is 41. The van der Waals surface area contributed by atoms with Crippen LogP contribution in [-0.4, -0.2) is 81.6 Å². The maximum Gasteiger partial charge on any atom is 0.472 e. The van der Waals surface area contributed by atoms with E-state index in [0.717, 1.165) is 44.4 Å². The molecular weight excluding hydrogens is 826 g/mol. The van der Waals surface area contributed by atoms with Crippen LogP contribution in [0.4, 0.5) is 0 Å². The Morgan fingerprint density at radius 3 is 1.72 bits per heavy atom. The minimum atomic E-state index is -4.88. The molecule has 4 atom stereocenters. The highest BCUT2D eigenvalue weighted by Gasteiger charge is 2.28. The maximum absolute atomic E-state index is 12.7. The van der Waals surface area contributed by atoms with Gasteiger partial charge >= 0.3 is 27.6 Å². The SMILES string of the molecule is CC/C=C\C(O)C/C=C/C=C\C/C=C\C/C=C\CCCC(=O)O[C@H](COC(=O)CCCCCCCCCCCCCCCC(C)C)COP(=O)(O)OC[C@@H](O)COP(=O)(O)O. The van der Waals surface area contributed by atoms with E-state index >= 15 is 0 Å². The zero-order chi connectivity index (χ0) is 45.5. The van der Waals surface area contributed by atoms with Crippen molar-refractivity contribution in [3.8, 4) is 0 Å². The van der Waals surface area contributed by atoms with E-state index in [9.17, 15) is 33.8 Å². The third-order valence-electron chi connectivity index (χ3n) is 9.16. The van der Waals surface area contributed by atoms with E-state index in [1.165, 1.54) is 64.2 Å². The van der Waals surface area contributed by atoms with Gasteiger partial charge in [-0.3, -0.25) is 23.2 Å². The van der Waals surface area contributed by atoms with Gasteiger partial charge in [0.1, 0.15) is 12.7 Å². The molecule has 5 N–H and O–H groups in total. The number of hydrogen-bond acceptors (Lipinski definition) is 11. The number of phosphoric acid groups is 2. The van der Waals surface area contributed by atoms with Crippen molar-refractivity contribution in [2.75, 3.05) is 26.4 Å². The molecule has 0 heterocycles. The lowest BCUT2D eigenvalue weighted by Gasteiger charge is -2.20. The van der Waals surface area contributed by atoms with Crippen LogP contribution in [0.1, 0.15) is 162 Å². The van der Waals surface area contributed by atoms with Crippen LogP contribution in [-0.2, 0) is 41.8 Å². The first-order valence-corrected chi connectivity index (χ1v) is 25.5. The summed E-state index contributed by atoms with van der Waals surface area (Å²) in [6.07, 6.45) is 37.1. The molecule has 0 radical (unpaired) electrons. The standard InChI is InChI=1S/C45H80O14P2/c1-4-5-32-41(46)33-28-24-20-16-12-9-10-14-18-22-26-30-35-45(49)59-43(39-58-61(53,54)57-37-42(47)36-56-60(50,51)52)38-55-44(48)34-29-25-21-17-13-8-6-7-11-15-19-23-27-31-40(2)3/h5,9-10,16,18,20,22,24,28,32,40-43,46-47H,4,6-8,11-15,17,19,21,23,25-27,29-31,33-39H2,1-3H3,(H,53,54)(H2,50,51,52)/b10-9-,20-16-,22-18-,28-24+,32-5-/t41?,42-,43+/m0/s1. The highest BCUT2D eigenvalue weighted by Crippen LogP contribution is 2.43. The summed E-state index contributed by atoms with van der Waals surface area (Å²) in [7, 11) is -9.71. The number of phosphoric ester groups is 2. The second-order valence-electron chi connectivity index (χ2n) is 15.6. The summed E-state index contributed by atoms with van der Waals surface area (Å²) in [5.41, 5.74) is 0. The van der Waals surface area contributed by atoms with Crippen LogP contribution < -0.4 is 0 Å². The quantitative estimate of drug-likeness (QED) is 0.0127. The Morgan fingerprint density at radius 1 is 0.590 bits per heavy atom. The fourth-order valence-corrected chi connectivity index (χ4v) is 6.92. The highest BCUT2D eigenvalue weighted by molar-refractivity contribution is 7.47. The van der Waals surface area contributed by atoms with Gasteiger partial charge in [-0.2, -0.15) is 0 Å². The molecular formula is C45H80O14P2. The summed E-state index contributed by atoms with van der Waals surface area (Å²) in [5, 5.41) is 19.5. The molecule has 0 aliphatic carbocycles. The number of esters is 2. The Kier molecular flexibility index (Phi) is 37.9. The molecule has 14 nitrogen and oxygen atoms in total. The number of carbonyl (C=O) groups is 2. The minimum Gasteiger partial charge on any atom is -0.462 e. The van der Waals surface area contributed by atoms with Gasteiger partial charge in [-0.15, -0.1) is 0 Å². The molecule has 0 aliphatic rings. The van der Waals surface area contributed by atoms with Gasteiger partial charge in [0, 0.05) is 12.8 Å². The number of aliphatic hydroxyl groups excluding tert-OH is 2. The largest absolute Gasteiger partial charge is 0.472 e. The van der Waals surface area contributed by atoms with E-state index in [-0.39, 0.29) is 12.8 Å². The van der Waals surface area contributed by atoms with Crippen LogP contribution in [0.3, 0.4) is 0 Å². The molecule has 0 rings (SSSR count). The van der Waals surface area contributed by atoms with Crippen molar-refractivity contribution in [3.63, 3.8) is 0 Å². The summed E-state index contributed by atoms with van der Waals surface area (Å²) >= 11 is 0. The van der Waals surface area contributed by atoms with Gasteiger partial charge in [-0.1, -0.05) is 165 Å². The first-order chi connectivity index (χ1) is 29.1. The lowest BCUT2D eigenvalue weighted by molar-refractivity contribution is -0.161. The molecule has 0 fully saturated rings. The van der Waals surface area contributed by atoms with E-state index in [2.05, 4.69) is 22.9 Å². The summed E-state index contributed by atoms with van der Waals surface area (Å²) < 4.78 is 47.7. The van der Waals surface area contributed by atoms with Crippen LogP contribution in [0, 0.1) is 5.92 Å². The molecule has 61 heavy (non-hydrogen) atoms. The number of aliphatic hydroxyl groups is 2. The molecule has 0 aromatic rings. The van der Waals surface area contributed by atoms with Crippen molar-refractivity contribution in [2.24, 2.45) is 5.92 Å². The van der Waals surface area contributed by atoms with E-state index < -0.39 is 72.3 Å². The monoisotopic (exact) mass is 907 g/mol. The van der Waals surface area contributed by atoms with Gasteiger partial charge in [-0.05, 0) is 50.9 Å². The Morgan fingerprint density at radius 2 is 1.11 bits per heavy atom. The second kappa shape index (κ2) is 39.4. The van der Waals surface area contributed by atoms with E-state index in [1.54, 1.807) is 6.08 Å². The van der Waals surface area contributed by atoms with E-state index in [4.69, 9.17) is 23.8 Å². The first kappa shape index (κ1) is 58.8. The molecule has 2 unspecified atom stereocenters.